The number of carbonyl (C=O) groups excluding carboxylic acids is 1. The summed E-state index contributed by atoms with van der Waals surface area (Å²) in [7, 11) is 0. The second-order valence-corrected chi connectivity index (χ2v) is 10.3. The van der Waals surface area contributed by atoms with E-state index in [0.29, 0.717) is 21.1 Å². The number of likely N-dealkylation sites (tertiary alicyclic amines) is 1. The number of thiophene rings is 1. The van der Waals surface area contributed by atoms with Crippen LogP contribution in [0.15, 0.2) is 34.2 Å². The molecule has 1 fully saturated rings. The van der Waals surface area contributed by atoms with Crippen LogP contribution in [0.1, 0.15) is 43.6 Å². The maximum absolute atomic E-state index is 13.5. The standard InChI is InChI=1S/C23H26FN3O2S2/c1-13-6-5-7-14(2)26(13)19(28)12-30-23-25-21-20(15(3)16(4)31-21)22(29)27(23)18-10-8-17(24)9-11-18/h8-11,13-14H,5-7,12H2,1-4H3/t13-,14-/m1/s1. The molecule has 1 aromatic carbocycles. The van der Waals surface area contributed by atoms with Crippen molar-refractivity contribution >= 4 is 39.2 Å². The van der Waals surface area contributed by atoms with Crippen molar-refractivity contribution in [2.75, 3.05) is 5.75 Å². The molecule has 0 aliphatic carbocycles. The van der Waals surface area contributed by atoms with Crippen LogP contribution in [-0.4, -0.2) is 38.2 Å². The molecule has 0 saturated carbocycles. The van der Waals surface area contributed by atoms with E-state index in [1.54, 1.807) is 12.1 Å². The van der Waals surface area contributed by atoms with Crippen LogP contribution in [0.2, 0.25) is 0 Å². The van der Waals surface area contributed by atoms with Gasteiger partial charge in [-0.3, -0.25) is 14.2 Å². The van der Waals surface area contributed by atoms with Gasteiger partial charge in [-0.1, -0.05) is 11.8 Å². The first-order chi connectivity index (χ1) is 14.8. The largest absolute Gasteiger partial charge is 0.337 e. The number of carbonyl (C=O) groups is 1. The Morgan fingerprint density at radius 3 is 2.48 bits per heavy atom. The average Bonchev–Trinajstić information content (AvgIpc) is 3.01. The number of piperidine rings is 1. The van der Waals surface area contributed by atoms with E-state index in [0.717, 1.165) is 29.7 Å². The van der Waals surface area contributed by atoms with Crippen molar-refractivity contribution in [3.63, 3.8) is 0 Å². The molecule has 31 heavy (non-hydrogen) atoms. The molecule has 1 aliphatic heterocycles. The van der Waals surface area contributed by atoms with Crippen LogP contribution < -0.4 is 5.56 Å². The highest BCUT2D eigenvalue weighted by atomic mass is 32.2. The molecule has 5 nitrogen and oxygen atoms in total. The van der Waals surface area contributed by atoms with Gasteiger partial charge in [0, 0.05) is 17.0 Å². The number of amides is 1. The van der Waals surface area contributed by atoms with Gasteiger partial charge in [-0.15, -0.1) is 11.3 Å². The summed E-state index contributed by atoms with van der Waals surface area (Å²) in [4.78, 5) is 34.9. The van der Waals surface area contributed by atoms with Crippen molar-refractivity contribution in [1.29, 1.82) is 0 Å². The highest BCUT2D eigenvalue weighted by Gasteiger charge is 2.29. The molecule has 2 aromatic heterocycles. The minimum absolute atomic E-state index is 0.0586. The van der Waals surface area contributed by atoms with Gasteiger partial charge < -0.3 is 4.90 Å². The highest BCUT2D eigenvalue weighted by molar-refractivity contribution is 7.99. The third kappa shape index (κ3) is 4.15. The van der Waals surface area contributed by atoms with Gasteiger partial charge in [0.25, 0.3) is 5.56 Å². The first-order valence-corrected chi connectivity index (χ1v) is 12.3. The van der Waals surface area contributed by atoms with Gasteiger partial charge in [-0.05, 0) is 76.8 Å². The Hall–Kier alpha value is -2.19. The lowest BCUT2D eigenvalue weighted by Gasteiger charge is -2.39. The lowest BCUT2D eigenvalue weighted by molar-refractivity contribution is -0.134. The van der Waals surface area contributed by atoms with E-state index in [-0.39, 0.29) is 35.1 Å². The van der Waals surface area contributed by atoms with E-state index >= 15 is 0 Å². The second-order valence-electron chi connectivity index (χ2n) is 8.19. The van der Waals surface area contributed by atoms with Crippen LogP contribution in [0.4, 0.5) is 4.39 Å². The number of hydrogen-bond donors (Lipinski definition) is 0. The van der Waals surface area contributed by atoms with Crippen LogP contribution in [0.3, 0.4) is 0 Å². The van der Waals surface area contributed by atoms with Gasteiger partial charge in [-0.25, -0.2) is 9.37 Å². The normalized spacial score (nSPS) is 19.2. The molecule has 0 radical (unpaired) electrons. The predicted octanol–water partition coefficient (Wildman–Crippen LogP) is 5.08. The van der Waals surface area contributed by atoms with Crippen molar-refractivity contribution in [2.24, 2.45) is 0 Å². The fraction of sp³-hybridized carbons (Fsp3) is 0.435. The van der Waals surface area contributed by atoms with E-state index in [2.05, 4.69) is 13.8 Å². The van der Waals surface area contributed by atoms with E-state index in [1.807, 2.05) is 18.7 Å². The number of hydrogen-bond acceptors (Lipinski definition) is 5. The zero-order valence-electron chi connectivity index (χ0n) is 18.1. The van der Waals surface area contributed by atoms with E-state index in [1.165, 1.54) is 39.8 Å². The molecule has 1 amide bonds. The van der Waals surface area contributed by atoms with Gasteiger partial charge in [-0.2, -0.15) is 0 Å². The third-order valence-electron chi connectivity index (χ3n) is 6.06. The number of aromatic nitrogens is 2. The topological polar surface area (TPSA) is 55.2 Å². The third-order valence-corrected chi connectivity index (χ3v) is 8.09. The number of halogens is 1. The predicted molar refractivity (Wildman–Crippen MR) is 125 cm³/mol. The van der Waals surface area contributed by atoms with Gasteiger partial charge in [0.1, 0.15) is 10.6 Å². The number of rotatable bonds is 4. The number of nitrogens with zero attached hydrogens (tertiary/aromatic N) is 3. The van der Waals surface area contributed by atoms with Crippen molar-refractivity contribution in [1.82, 2.24) is 14.5 Å². The molecule has 0 N–H and O–H groups in total. The Kier molecular flexibility index (Phi) is 6.21. The molecule has 3 heterocycles. The number of fused-ring (bicyclic) bond motifs is 1. The number of benzene rings is 1. The SMILES string of the molecule is Cc1sc2nc(SCC(=O)N3[C@H](C)CCC[C@H]3C)n(-c3ccc(F)cc3)c(=O)c2c1C. The van der Waals surface area contributed by atoms with Gasteiger partial charge in [0.15, 0.2) is 5.16 Å². The summed E-state index contributed by atoms with van der Waals surface area (Å²) in [5.41, 5.74) is 1.27. The summed E-state index contributed by atoms with van der Waals surface area (Å²) in [5.74, 6) is -0.106. The molecule has 0 spiro atoms. The van der Waals surface area contributed by atoms with Crippen LogP contribution in [0.25, 0.3) is 15.9 Å². The quantitative estimate of drug-likeness (QED) is 0.403. The summed E-state index contributed by atoms with van der Waals surface area (Å²) in [6.45, 7) is 8.07. The molecule has 8 heteroatoms. The van der Waals surface area contributed by atoms with Crippen molar-refractivity contribution in [3.8, 4) is 5.69 Å². The number of aryl methyl sites for hydroxylation is 2. The van der Waals surface area contributed by atoms with Crippen molar-refractivity contribution in [2.45, 2.75) is 64.2 Å². The van der Waals surface area contributed by atoms with E-state index in [4.69, 9.17) is 4.98 Å². The first-order valence-electron chi connectivity index (χ1n) is 10.5. The van der Waals surface area contributed by atoms with Crippen LogP contribution in [-0.2, 0) is 4.79 Å². The van der Waals surface area contributed by atoms with E-state index < -0.39 is 0 Å². The molecule has 0 unspecified atom stereocenters. The van der Waals surface area contributed by atoms with E-state index in [9.17, 15) is 14.0 Å². The molecule has 164 valence electrons. The Bertz CT molecular complexity index is 1180. The summed E-state index contributed by atoms with van der Waals surface area (Å²) >= 11 is 2.75. The average molecular weight is 460 g/mol. The molecule has 2 atom stereocenters. The molecule has 1 saturated heterocycles. The minimum Gasteiger partial charge on any atom is -0.337 e. The maximum atomic E-state index is 13.5. The van der Waals surface area contributed by atoms with Crippen molar-refractivity contribution < 1.29 is 9.18 Å². The lowest BCUT2D eigenvalue weighted by atomic mass is 9.98. The van der Waals surface area contributed by atoms with Gasteiger partial charge >= 0.3 is 0 Å². The second kappa shape index (κ2) is 8.74. The molecule has 3 aromatic rings. The van der Waals surface area contributed by atoms with Gasteiger partial charge in [0.05, 0.1) is 16.8 Å². The highest BCUT2D eigenvalue weighted by Crippen LogP contribution is 2.30. The van der Waals surface area contributed by atoms with Crippen LogP contribution in [0, 0.1) is 19.7 Å². The van der Waals surface area contributed by atoms with Crippen LogP contribution >= 0.6 is 23.1 Å². The summed E-state index contributed by atoms with van der Waals surface area (Å²) in [5, 5.41) is 1.04. The number of thioether (sulfide) groups is 1. The lowest BCUT2D eigenvalue weighted by Crippen LogP contribution is -2.48. The summed E-state index contributed by atoms with van der Waals surface area (Å²) < 4.78 is 15.0. The minimum atomic E-state index is -0.370. The molecule has 1 aliphatic rings. The monoisotopic (exact) mass is 459 g/mol. The summed E-state index contributed by atoms with van der Waals surface area (Å²) in [6, 6.07) is 6.23. The zero-order chi connectivity index (χ0) is 22.3. The Morgan fingerprint density at radius 1 is 1.19 bits per heavy atom. The maximum Gasteiger partial charge on any atom is 0.267 e. The Morgan fingerprint density at radius 2 is 1.84 bits per heavy atom. The Labute approximate surface area is 189 Å². The molecular formula is C23H26FN3O2S2. The first kappa shape index (κ1) is 22.0. The molecule has 4 rings (SSSR count). The smallest absolute Gasteiger partial charge is 0.267 e. The fourth-order valence-electron chi connectivity index (χ4n) is 4.30. The fourth-order valence-corrected chi connectivity index (χ4v) is 6.26. The molecular weight excluding hydrogens is 433 g/mol. The van der Waals surface area contributed by atoms with Crippen LogP contribution in [0.5, 0.6) is 0 Å². The summed E-state index contributed by atoms with van der Waals surface area (Å²) in [6.07, 6.45) is 3.16. The van der Waals surface area contributed by atoms with Gasteiger partial charge in [0.2, 0.25) is 5.91 Å². The Balaban J connectivity index is 1.74. The zero-order valence-corrected chi connectivity index (χ0v) is 19.8. The molecule has 0 bridgehead atoms. The van der Waals surface area contributed by atoms with Crippen molar-refractivity contribution in [3.05, 3.63) is 50.9 Å².